The molecule has 2 aromatic rings. The van der Waals surface area contributed by atoms with Crippen LogP contribution in [0, 0.1) is 12.8 Å². The summed E-state index contributed by atoms with van der Waals surface area (Å²) in [6, 6.07) is 5.62. The first-order valence-corrected chi connectivity index (χ1v) is 9.26. The molecule has 1 saturated heterocycles. The lowest BCUT2D eigenvalue weighted by molar-refractivity contribution is -0.149. The number of ether oxygens (including phenoxy) is 1. The summed E-state index contributed by atoms with van der Waals surface area (Å²) in [5.41, 5.74) is 1.46. The van der Waals surface area contributed by atoms with E-state index in [0.29, 0.717) is 30.3 Å². The second-order valence-electron chi connectivity index (χ2n) is 5.99. The number of thiazole rings is 1. The van der Waals surface area contributed by atoms with E-state index in [0.717, 1.165) is 23.5 Å². The highest BCUT2D eigenvalue weighted by Crippen LogP contribution is 2.29. The van der Waals surface area contributed by atoms with Crippen molar-refractivity contribution in [3.8, 4) is 10.7 Å². The van der Waals surface area contributed by atoms with E-state index in [1.807, 2.05) is 25.1 Å². The number of carbonyl (C=O) groups is 2. The van der Waals surface area contributed by atoms with Gasteiger partial charge >= 0.3 is 5.97 Å². The summed E-state index contributed by atoms with van der Waals surface area (Å²) in [4.78, 5) is 36.0. The molecule has 6 nitrogen and oxygen atoms in total. The van der Waals surface area contributed by atoms with Crippen LogP contribution in [0.1, 0.15) is 35.1 Å². The van der Waals surface area contributed by atoms with Crippen molar-refractivity contribution in [2.75, 3.05) is 19.7 Å². The van der Waals surface area contributed by atoms with Crippen molar-refractivity contribution in [3.05, 3.63) is 35.0 Å². The first-order valence-electron chi connectivity index (χ1n) is 8.45. The number of piperidine rings is 1. The van der Waals surface area contributed by atoms with E-state index in [9.17, 15) is 9.59 Å². The number of carbonyl (C=O) groups excluding carboxylic acids is 2. The van der Waals surface area contributed by atoms with Crippen LogP contribution in [0.25, 0.3) is 10.7 Å². The highest BCUT2D eigenvalue weighted by molar-refractivity contribution is 7.17. The minimum absolute atomic E-state index is 0.0637. The molecule has 3 rings (SSSR count). The average Bonchev–Trinajstić information content (AvgIpc) is 3.04. The molecule has 2 aromatic heterocycles. The number of hydrogen-bond acceptors (Lipinski definition) is 6. The predicted molar refractivity (Wildman–Crippen MR) is 95.3 cm³/mol. The maximum atomic E-state index is 12.9. The molecule has 0 aromatic carbocycles. The molecule has 1 aliphatic heterocycles. The van der Waals surface area contributed by atoms with E-state index < -0.39 is 0 Å². The standard InChI is InChI=1S/C18H21N3O3S/c1-3-24-18(23)13-7-6-10-21(11-13)17(22)15-12(2)20-16(25-15)14-8-4-5-9-19-14/h4-5,8-9,13H,3,6-7,10-11H2,1-2H3. The molecule has 1 atom stereocenters. The lowest BCUT2D eigenvalue weighted by Crippen LogP contribution is -2.42. The van der Waals surface area contributed by atoms with Crippen LogP contribution in [-0.4, -0.2) is 46.4 Å². The van der Waals surface area contributed by atoms with Gasteiger partial charge in [0.25, 0.3) is 5.91 Å². The van der Waals surface area contributed by atoms with Gasteiger partial charge in [-0.25, -0.2) is 4.98 Å². The number of pyridine rings is 1. The molecule has 0 aliphatic carbocycles. The van der Waals surface area contributed by atoms with Crippen LogP contribution in [0.15, 0.2) is 24.4 Å². The third-order valence-corrected chi connectivity index (χ3v) is 5.37. The van der Waals surface area contributed by atoms with Crippen molar-refractivity contribution in [3.63, 3.8) is 0 Å². The van der Waals surface area contributed by atoms with Crippen molar-refractivity contribution < 1.29 is 14.3 Å². The van der Waals surface area contributed by atoms with Gasteiger partial charge in [0, 0.05) is 19.3 Å². The Bertz CT molecular complexity index is 760. The van der Waals surface area contributed by atoms with E-state index in [4.69, 9.17) is 4.74 Å². The molecule has 0 saturated carbocycles. The normalized spacial score (nSPS) is 17.4. The van der Waals surface area contributed by atoms with E-state index in [1.54, 1.807) is 18.0 Å². The van der Waals surface area contributed by atoms with Crippen LogP contribution >= 0.6 is 11.3 Å². The van der Waals surface area contributed by atoms with Gasteiger partial charge in [0.05, 0.1) is 23.9 Å². The molecular weight excluding hydrogens is 338 g/mol. The van der Waals surface area contributed by atoms with Crippen LogP contribution in [0.3, 0.4) is 0 Å². The highest BCUT2D eigenvalue weighted by Gasteiger charge is 2.31. The van der Waals surface area contributed by atoms with Gasteiger partial charge in [-0.3, -0.25) is 14.6 Å². The molecule has 1 unspecified atom stereocenters. The van der Waals surface area contributed by atoms with Crippen molar-refractivity contribution in [2.24, 2.45) is 5.92 Å². The molecule has 0 N–H and O–H groups in total. The zero-order chi connectivity index (χ0) is 17.8. The number of aryl methyl sites for hydroxylation is 1. The number of aromatic nitrogens is 2. The highest BCUT2D eigenvalue weighted by atomic mass is 32.1. The topological polar surface area (TPSA) is 72.4 Å². The maximum Gasteiger partial charge on any atom is 0.310 e. The quantitative estimate of drug-likeness (QED) is 0.785. The number of amides is 1. The van der Waals surface area contributed by atoms with E-state index in [2.05, 4.69) is 9.97 Å². The molecule has 1 fully saturated rings. The third-order valence-electron chi connectivity index (χ3n) is 4.20. The van der Waals surface area contributed by atoms with Gasteiger partial charge in [-0.2, -0.15) is 0 Å². The Hall–Kier alpha value is -2.28. The Balaban J connectivity index is 1.77. The van der Waals surface area contributed by atoms with Gasteiger partial charge in [0.2, 0.25) is 0 Å². The van der Waals surface area contributed by atoms with Gasteiger partial charge < -0.3 is 9.64 Å². The fourth-order valence-electron chi connectivity index (χ4n) is 2.95. The van der Waals surface area contributed by atoms with E-state index >= 15 is 0 Å². The largest absolute Gasteiger partial charge is 0.466 e. The Labute approximate surface area is 150 Å². The molecule has 0 spiro atoms. The first-order chi connectivity index (χ1) is 12.1. The third kappa shape index (κ3) is 3.87. The van der Waals surface area contributed by atoms with Crippen LogP contribution in [0.2, 0.25) is 0 Å². The second kappa shape index (κ2) is 7.74. The molecular formula is C18H21N3O3S. The Morgan fingerprint density at radius 3 is 2.96 bits per heavy atom. The van der Waals surface area contributed by atoms with Crippen molar-refractivity contribution in [2.45, 2.75) is 26.7 Å². The Kier molecular flexibility index (Phi) is 5.43. The van der Waals surface area contributed by atoms with E-state index in [-0.39, 0.29) is 17.8 Å². The minimum atomic E-state index is -0.235. The van der Waals surface area contributed by atoms with Crippen molar-refractivity contribution in [1.82, 2.24) is 14.9 Å². The summed E-state index contributed by atoms with van der Waals surface area (Å²) < 4.78 is 5.11. The first kappa shape index (κ1) is 17.5. The fraction of sp³-hybridized carbons (Fsp3) is 0.444. The molecule has 25 heavy (non-hydrogen) atoms. The number of likely N-dealkylation sites (tertiary alicyclic amines) is 1. The minimum Gasteiger partial charge on any atom is -0.466 e. The SMILES string of the molecule is CCOC(=O)C1CCCN(C(=O)c2sc(-c3ccccn3)nc2C)C1. The van der Waals surface area contributed by atoms with Crippen molar-refractivity contribution >= 4 is 23.2 Å². The second-order valence-corrected chi connectivity index (χ2v) is 6.99. The summed E-state index contributed by atoms with van der Waals surface area (Å²) in [6.07, 6.45) is 3.28. The summed E-state index contributed by atoms with van der Waals surface area (Å²) in [7, 11) is 0. The zero-order valence-corrected chi connectivity index (χ0v) is 15.2. The molecule has 7 heteroatoms. The number of hydrogen-bond donors (Lipinski definition) is 0. The van der Waals surface area contributed by atoms with E-state index in [1.165, 1.54) is 11.3 Å². The zero-order valence-electron chi connectivity index (χ0n) is 14.4. The monoisotopic (exact) mass is 359 g/mol. The van der Waals surface area contributed by atoms with Crippen LogP contribution < -0.4 is 0 Å². The number of esters is 1. The van der Waals surface area contributed by atoms with Gasteiger partial charge in [-0.15, -0.1) is 11.3 Å². The van der Waals surface area contributed by atoms with Gasteiger partial charge in [-0.05, 0) is 38.8 Å². The van der Waals surface area contributed by atoms with Crippen molar-refractivity contribution in [1.29, 1.82) is 0 Å². The summed E-state index contributed by atoms with van der Waals surface area (Å²) >= 11 is 1.35. The maximum absolute atomic E-state index is 12.9. The molecule has 0 radical (unpaired) electrons. The lowest BCUT2D eigenvalue weighted by atomic mass is 9.98. The molecule has 132 valence electrons. The fourth-order valence-corrected chi connectivity index (χ4v) is 3.96. The van der Waals surface area contributed by atoms with Crippen LogP contribution in [0.5, 0.6) is 0 Å². The van der Waals surface area contributed by atoms with Crippen LogP contribution in [0.4, 0.5) is 0 Å². The smallest absolute Gasteiger partial charge is 0.310 e. The lowest BCUT2D eigenvalue weighted by Gasteiger charge is -2.31. The van der Waals surface area contributed by atoms with Gasteiger partial charge in [0.1, 0.15) is 9.88 Å². The summed E-state index contributed by atoms with van der Waals surface area (Å²) in [5.74, 6) is -0.512. The van der Waals surface area contributed by atoms with Gasteiger partial charge in [0.15, 0.2) is 0 Å². The summed E-state index contributed by atoms with van der Waals surface area (Å²) in [5, 5.41) is 0.736. The molecule has 0 bridgehead atoms. The Morgan fingerprint density at radius 2 is 2.24 bits per heavy atom. The molecule has 1 aliphatic rings. The van der Waals surface area contributed by atoms with Crippen LogP contribution in [-0.2, 0) is 9.53 Å². The average molecular weight is 359 g/mol. The summed E-state index contributed by atoms with van der Waals surface area (Å²) in [6.45, 7) is 5.07. The van der Waals surface area contributed by atoms with Gasteiger partial charge in [-0.1, -0.05) is 6.07 Å². The molecule has 3 heterocycles. The number of nitrogens with zero attached hydrogens (tertiary/aromatic N) is 3. The molecule has 1 amide bonds. The predicted octanol–water partition coefficient (Wildman–Crippen LogP) is 2.93. The number of rotatable bonds is 4. The Morgan fingerprint density at radius 1 is 1.40 bits per heavy atom.